The Morgan fingerprint density at radius 2 is 2.10 bits per heavy atom. The van der Waals surface area contributed by atoms with Crippen LogP contribution in [0.15, 0.2) is 34.8 Å². The fraction of sp³-hybridized carbons (Fsp3) is 0.200. The Morgan fingerprint density at radius 3 is 2.76 bits per heavy atom. The Kier molecular flexibility index (Phi) is 4.90. The van der Waals surface area contributed by atoms with Gasteiger partial charge in [0.05, 0.1) is 4.47 Å². The largest absolute Gasteiger partial charge is 0.370 e. The topological polar surface area (TPSA) is 54.0 Å². The summed E-state index contributed by atoms with van der Waals surface area (Å²) in [6, 6.07) is 7.80. The number of halogens is 2. The lowest BCUT2D eigenvalue weighted by atomic mass is 10.2. The predicted octanol–water partition coefficient (Wildman–Crippen LogP) is 3.98. The number of carbonyl (C=O) groups is 1. The Balaban J connectivity index is 2.21. The minimum absolute atomic E-state index is 0.304. The van der Waals surface area contributed by atoms with E-state index in [4.69, 9.17) is 0 Å². The standard InChI is InChI=1S/C15H15BrFN3O/c1-3-18-14-7-10(6-9(2)19-14)15(21)20-11-4-5-12(16)13(17)8-11/h4-8H,3H2,1-2H3,(H,18,19)(H,20,21). The number of benzene rings is 1. The molecule has 1 heterocycles. The van der Waals surface area contributed by atoms with Gasteiger partial charge in [-0.15, -0.1) is 0 Å². The van der Waals surface area contributed by atoms with E-state index in [2.05, 4.69) is 31.5 Å². The average Bonchev–Trinajstić information content (AvgIpc) is 2.42. The van der Waals surface area contributed by atoms with E-state index in [-0.39, 0.29) is 5.91 Å². The van der Waals surface area contributed by atoms with Crippen molar-refractivity contribution in [3.8, 4) is 0 Å². The van der Waals surface area contributed by atoms with Crippen molar-refractivity contribution in [1.82, 2.24) is 4.98 Å². The summed E-state index contributed by atoms with van der Waals surface area (Å²) in [5, 5.41) is 5.73. The molecule has 0 aliphatic carbocycles. The van der Waals surface area contributed by atoms with Crippen LogP contribution in [-0.2, 0) is 0 Å². The normalized spacial score (nSPS) is 10.3. The Bertz CT molecular complexity index is 676. The molecule has 2 N–H and O–H groups in total. The molecule has 1 aromatic carbocycles. The number of carbonyl (C=O) groups excluding carboxylic acids is 1. The summed E-state index contributed by atoms with van der Waals surface area (Å²) < 4.78 is 13.8. The van der Waals surface area contributed by atoms with Gasteiger partial charge in [-0.1, -0.05) is 0 Å². The number of anilines is 2. The van der Waals surface area contributed by atoms with Crippen molar-refractivity contribution >= 4 is 33.3 Å². The number of aryl methyl sites for hydroxylation is 1. The van der Waals surface area contributed by atoms with E-state index >= 15 is 0 Å². The molecule has 0 unspecified atom stereocenters. The van der Waals surface area contributed by atoms with Gasteiger partial charge >= 0.3 is 0 Å². The summed E-state index contributed by atoms with van der Waals surface area (Å²) in [6.07, 6.45) is 0. The fourth-order valence-corrected chi connectivity index (χ4v) is 2.10. The lowest BCUT2D eigenvalue weighted by molar-refractivity contribution is 0.102. The van der Waals surface area contributed by atoms with Crippen molar-refractivity contribution in [2.75, 3.05) is 17.2 Å². The second-order valence-corrected chi connectivity index (χ2v) is 5.35. The average molecular weight is 352 g/mol. The summed E-state index contributed by atoms with van der Waals surface area (Å²) in [5.41, 5.74) is 1.61. The van der Waals surface area contributed by atoms with Crippen molar-refractivity contribution in [3.63, 3.8) is 0 Å². The number of hydrogen-bond donors (Lipinski definition) is 2. The highest BCUT2D eigenvalue weighted by atomic mass is 79.9. The molecule has 110 valence electrons. The molecule has 1 aromatic heterocycles. The van der Waals surface area contributed by atoms with Crippen LogP contribution in [0.25, 0.3) is 0 Å². The molecule has 0 saturated heterocycles. The van der Waals surface area contributed by atoms with E-state index in [0.717, 1.165) is 12.2 Å². The lowest BCUT2D eigenvalue weighted by Crippen LogP contribution is -2.13. The second kappa shape index (κ2) is 6.67. The molecule has 1 amide bonds. The molecular weight excluding hydrogens is 337 g/mol. The second-order valence-electron chi connectivity index (χ2n) is 4.50. The molecule has 21 heavy (non-hydrogen) atoms. The maximum absolute atomic E-state index is 13.4. The van der Waals surface area contributed by atoms with E-state index in [1.807, 2.05) is 13.8 Å². The van der Waals surface area contributed by atoms with Gasteiger partial charge in [-0.25, -0.2) is 9.37 Å². The summed E-state index contributed by atoms with van der Waals surface area (Å²) in [4.78, 5) is 16.5. The predicted molar refractivity (Wildman–Crippen MR) is 85.2 cm³/mol. The number of rotatable bonds is 4. The quantitative estimate of drug-likeness (QED) is 0.875. The first kappa shape index (κ1) is 15.4. The molecule has 4 nitrogen and oxygen atoms in total. The van der Waals surface area contributed by atoms with E-state index in [9.17, 15) is 9.18 Å². The van der Waals surface area contributed by atoms with Crippen molar-refractivity contribution in [1.29, 1.82) is 0 Å². The molecule has 0 aliphatic heterocycles. The van der Waals surface area contributed by atoms with Gasteiger partial charge in [-0.05, 0) is 60.1 Å². The number of aromatic nitrogens is 1. The highest BCUT2D eigenvalue weighted by Gasteiger charge is 2.10. The highest BCUT2D eigenvalue weighted by molar-refractivity contribution is 9.10. The molecule has 0 saturated carbocycles. The van der Waals surface area contributed by atoms with E-state index in [0.29, 0.717) is 21.5 Å². The molecule has 0 radical (unpaired) electrons. The summed E-state index contributed by atoms with van der Waals surface area (Å²) >= 11 is 3.07. The van der Waals surface area contributed by atoms with Gasteiger partial charge in [0, 0.05) is 23.5 Å². The van der Waals surface area contributed by atoms with E-state index < -0.39 is 5.82 Å². The van der Waals surface area contributed by atoms with Crippen LogP contribution >= 0.6 is 15.9 Å². The lowest BCUT2D eigenvalue weighted by Gasteiger charge is -2.09. The third kappa shape index (κ3) is 4.01. The molecule has 6 heteroatoms. The first-order valence-corrected chi connectivity index (χ1v) is 7.28. The van der Waals surface area contributed by atoms with Crippen LogP contribution in [0.5, 0.6) is 0 Å². The SMILES string of the molecule is CCNc1cc(C(=O)Nc2ccc(Br)c(F)c2)cc(C)n1. The summed E-state index contributed by atoms with van der Waals surface area (Å²) in [6.45, 7) is 4.49. The molecular formula is C15H15BrFN3O. The Morgan fingerprint density at radius 1 is 1.33 bits per heavy atom. The fourth-order valence-electron chi connectivity index (χ4n) is 1.85. The molecule has 2 aromatic rings. The molecule has 0 bridgehead atoms. The zero-order chi connectivity index (χ0) is 15.4. The summed E-state index contributed by atoms with van der Waals surface area (Å²) in [7, 11) is 0. The Hall–Kier alpha value is -1.95. The van der Waals surface area contributed by atoms with Crippen molar-refractivity contribution in [3.05, 3.63) is 51.9 Å². The molecule has 0 atom stereocenters. The maximum Gasteiger partial charge on any atom is 0.255 e. The third-order valence-corrected chi connectivity index (χ3v) is 3.39. The number of pyridine rings is 1. The first-order valence-electron chi connectivity index (χ1n) is 6.48. The number of nitrogens with one attached hydrogen (secondary N) is 2. The monoisotopic (exact) mass is 351 g/mol. The third-order valence-electron chi connectivity index (χ3n) is 2.75. The molecule has 2 rings (SSSR count). The van der Waals surface area contributed by atoms with Gasteiger partial charge in [0.15, 0.2) is 0 Å². The van der Waals surface area contributed by atoms with Crippen LogP contribution in [0.3, 0.4) is 0 Å². The number of amides is 1. The maximum atomic E-state index is 13.4. The van der Waals surface area contributed by atoms with E-state index in [1.165, 1.54) is 6.07 Å². The zero-order valence-corrected chi connectivity index (χ0v) is 13.3. The molecule has 0 aliphatic rings. The van der Waals surface area contributed by atoms with Crippen LogP contribution in [0.2, 0.25) is 0 Å². The van der Waals surface area contributed by atoms with Gasteiger partial charge in [0.25, 0.3) is 5.91 Å². The number of hydrogen-bond acceptors (Lipinski definition) is 3. The van der Waals surface area contributed by atoms with Gasteiger partial charge in [0.1, 0.15) is 11.6 Å². The van der Waals surface area contributed by atoms with Crippen LogP contribution in [0.1, 0.15) is 23.0 Å². The van der Waals surface area contributed by atoms with Crippen LogP contribution in [0, 0.1) is 12.7 Å². The Labute approximate surface area is 130 Å². The highest BCUT2D eigenvalue weighted by Crippen LogP contribution is 2.20. The zero-order valence-electron chi connectivity index (χ0n) is 11.7. The van der Waals surface area contributed by atoms with Gasteiger partial charge < -0.3 is 10.6 Å². The van der Waals surface area contributed by atoms with Crippen molar-refractivity contribution < 1.29 is 9.18 Å². The van der Waals surface area contributed by atoms with Crippen molar-refractivity contribution in [2.24, 2.45) is 0 Å². The van der Waals surface area contributed by atoms with Gasteiger partial charge in [-0.3, -0.25) is 4.79 Å². The summed E-state index contributed by atoms with van der Waals surface area (Å²) in [5.74, 6) is -0.0851. The minimum Gasteiger partial charge on any atom is -0.370 e. The van der Waals surface area contributed by atoms with Gasteiger partial charge in [-0.2, -0.15) is 0 Å². The van der Waals surface area contributed by atoms with E-state index in [1.54, 1.807) is 24.3 Å². The van der Waals surface area contributed by atoms with Crippen molar-refractivity contribution in [2.45, 2.75) is 13.8 Å². The minimum atomic E-state index is -0.424. The van der Waals surface area contributed by atoms with Crippen LogP contribution in [-0.4, -0.2) is 17.4 Å². The smallest absolute Gasteiger partial charge is 0.255 e. The number of nitrogens with zero attached hydrogens (tertiary/aromatic N) is 1. The van der Waals surface area contributed by atoms with Gasteiger partial charge in [0.2, 0.25) is 0 Å². The van der Waals surface area contributed by atoms with Crippen LogP contribution in [0.4, 0.5) is 15.9 Å². The first-order chi connectivity index (χ1) is 9.99. The molecule has 0 spiro atoms. The molecule has 0 fully saturated rings. The van der Waals surface area contributed by atoms with Crippen LogP contribution < -0.4 is 10.6 Å².